The van der Waals surface area contributed by atoms with Crippen LogP contribution >= 0.6 is 0 Å². The minimum atomic E-state index is -0.0437. The molecule has 0 spiro atoms. The Morgan fingerprint density at radius 1 is 1.21 bits per heavy atom. The smallest absolute Gasteiger partial charge is 0.0969 e. The van der Waals surface area contributed by atoms with Gasteiger partial charge in [-0.1, -0.05) is 38.5 Å². The molecule has 1 atom stereocenters. The molecule has 104 valence electrons. The van der Waals surface area contributed by atoms with E-state index in [9.17, 15) is 0 Å². The summed E-state index contributed by atoms with van der Waals surface area (Å²) in [6, 6.07) is 12.8. The van der Waals surface area contributed by atoms with Gasteiger partial charge in [-0.15, -0.1) is 0 Å². The molecule has 0 heterocycles. The minimum absolute atomic E-state index is 0.0437. The van der Waals surface area contributed by atoms with Gasteiger partial charge >= 0.3 is 0 Å². The molecule has 19 heavy (non-hydrogen) atoms. The normalized spacial score (nSPS) is 11.8. The molecule has 0 aromatic heterocycles. The predicted molar refractivity (Wildman–Crippen MR) is 81.3 cm³/mol. The molecule has 0 bridgehead atoms. The molecule has 0 aliphatic carbocycles. The van der Waals surface area contributed by atoms with Crippen molar-refractivity contribution < 1.29 is 0 Å². The monoisotopic (exact) mass is 259 g/mol. The lowest BCUT2D eigenvalue weighted by Crippen LogP contribution is -2.34. The number of nitriles is 1. The highest BCUT2D eigenvalue weighted by Crippen LogP contribution is 2.15. The van der Waals surface area contributed by atoms with Gasteiger partial charge in [0.2, 0.25) is 0 Å². The van der Waals surface area contributed by atoms with Crippen LogP contribution in [-0.2, 0) is 0 Å². The van der Waals surface area contributed by atoms with Crippen molar-refractivity contribution in [3.05, 3.63) is 30.3 Å². The summed E-state index contributed by atoms with van der Waals surface area (Å²) in [6.45, 7) is 7.08. The average molecular weight is 259 g/mol. The maximum Gasteiger partial charge on any atom is 0.0969 e. The standard InChI is InChI=1S/C16H25N3/c1-3-5-12-19(16-9-7-6-8-10-16)13-11-15(14-17)18-4-2/h6-10,15,18H,3-5,11-13H2,1-2H3. The van der Waals surface area contributed by atoms with Crippen molar-refractivity contribution in [3.63, 3.8) is 0 Å². The first-order chi connectivity index (χ1) is 9.31. The van der Waals surface area contributed by atoms with Crippen LogP contribution < -0.4 is 10.2 Å². The van der Waals surface area contributed by atoms with E-state index in [0.717, 1.165) is 26.1 Å². The predicted octanol–water partition coefficient (Wildman–Crippen LogP) is 3.18. The van der Waals surface area contributed by atoms with Gasteiger partial charge in [0, 0.05) is 18.8 Å². The second-order valence-corrected chi connectivity index (χ2v) is 4.70. The van der Waals surface area contributed by atoms with Crippen LogP contribution in [0.2, 0.25) is 0 Å². The molecule has 3 heteroatoms. The molecule has 0 saturated heterocycles. The lowest BCUT2D eigenvalue weighted by Gasteiger charge is -2.25. The highest BCUT2D eigenvalue weighted by Gasteiger charge is 2.10. The summed E-state index contributed by atoms with van der Waals surface area (Å²) in [5.74, 6) is 0. The minimum Gasteiger partial charge on any atom is -0.371 e. The Hall–Kier alpha value is -1.53. The number of rotatable bonds is 9. The lowest BCUT2D eigenvalue weighted by atomic mass is 10.2. The molecule has 3 nitrogen and oxygen atoms in total. The van der Waals surface area contributed by atoms with E-state index < -0.39 is 0 Å². The fourth-order valence-electron chi connectivity index (χ4n) is 2.10. The summed E-state index contributed by atoms with van der Waals surface area (Å²) >= 11 is 0. The lowest BCUT2D eigenvalue weighted by molar-refractivity contribution is 0.569. The van der Waals surface area contributed by atoms with Crippen molar-refractivity contribution in [3.8, 4) is 6.07 Å². The zero-order chi connectivity index (χ0) is 13.9. The Kier molecular flexibility index (Phi) is 7.69. The highest BCUT2D eigenvalue weighted by molar-refractivity contribution is 5.45. The van der Waals surface area contributed by atoms with Gasteiger partial charge in [0.05, 0.1) is 12.1 Å². The third-order valence-electron chi connectivity index (χ3n) is 3.20. The molecule has 0 aliphatic heterocycles. The van der Waals surface area contributed by atoms with Gasteiger partial charge in [-0.05, 0) is 31.5 Å². The fraction of sp³-hybridized carbons (Fsp3) is 0.562. The van der Waals surface area contributed by atoms with Gasteiger partial charge in [-0.25, -0.2) is 0 Å². The first-order valence-corrected chi connectivity index (χ1v) is 7.24. The molecule has 1 N–H and O–H groups in total. The van der Waals surface area contributed by atoms with Gasteiger partial charge in [0.1, 0.15) is 0 Å². The quantitative estimate of drug-likeness (QED) is 0.740. The number of anilines is 1. The van der Waals surface area contributed by atoms with Crippen molar-refractivity contribution in [2.75, 3.05) is 24.5 Å². The molecular formula is C16H25N3. The van der Waals surface area contributed by atoms with E-state index in [-0.39, 0.29) is 6.04 Å². The summed E-state index contributed by atoms with van der Waals surface area (Å²) in [5, 5.41) is 12.3. The first-order valence-electron chi connectivity index (χ1n) is 7.24. The van der Waals surface area contributed by atoms with Crippen LogP contribution in [-0.4, -0.2) is 25.7 Å². The maximum absolute atomic E-state index is 9.09. The third-order valence-corrected chi connectivity index (χ3v) is 3.20. The molecular weight excluding hydrogens is 234 g/mol. The Labute approximate surface area is 117 Å². The van der Waals surface area contributed by atoms with E-state index in [4.69, 9.17) is 5.26 Å². The van der Waals surface area contributed by atoms with E-state index in [1.165, 1.54) is 18.5 Å². The molecule has 0 amide bonds. The molecule has 1 unspecified atom stereocenters. The van der Waals surface area contributed by atoms with Crippen LogP contribution in [0.1, 0.15) is 33.1 Å². The van der Waals surface area contributed by atoms with Crippen LogP contribution in [0.3, 0.4) is 0 Å². The summed E-state index contributed by atoms with van der Waals surface area (Å²) in [7, 11) is 0. The Bertz CT molecular complexity index is 369. The summed E-state index contributed by atoms with van der Waals surface area (Å²) in [6.07, 6.45) is 3.24. The molecule has 0 aliphatic rings. The van der Waals surface area contributed by atoms with Crippen molar-refractivity contribution in [2.24, 2.45) is 0 Å². The molecule has 1 aromatic rings. The molecule has 0 saturated carbocycles. The Morgan fingerprint density at radius 3 is 2.53 bits per heavy atom. The number of nitrogens with zero attached hydrogens (tertiary/aromatic N) is 2. The van der Waals surface area contributed by atoms with Crippen molar-refractivity contribution in [1.29, 1.82) is 5.26 Å². The first kappa shape index (κ1) is 15.5. The zero-order valence-electron chi connectivity index (χ0n) is 12.1. The van der Waals surface area contributed by atoms with Crippen molar-refractivity contribution in [2.45, 2.75) is 39.2 Å². The number of unbranched alkanes of at least 4 members (excludes halogenated alkanes) is 1. The van der Waals surface area contributed by atoms with Crippen LogP contribution in [0.5, 0.6) is 0 Å². The molecule has 0 radical (unpaired) electrons. The van der Waals surface area contributed by atoms with Crippen LogP contribution in [0.4, 0.5) is 5.69 Å². The van der Waals surface area contributed by atoms with Crippen molar-refractivity contribution >= 4 is 5.69 Å². The Morgan fingerprint density at radius 2 is 1.95 bits per heavy atom. The summed E-state index contributed by atoms with van der Waals surface area (Å²) in [4.78, 5) is 2.38. The van der Waals surface area contributed by atoms with Gasteiger partial charge in [0.25, 0.3) is 0 Å². The van der Waals surface area contributed by atoms with Gasteiger partial charge in [-0.3, -0.25) is 0 Å². The van der Waals surface area contributed by atoms with E-state index in [0.29, 0.717) is 0 Å². The number of hydrogen-bond acceptors (Lipinski definition) is 3. The topological polar surface area (TPSA) is 39.1 Å². The van der Waals surface area contributed by atoms with Gasteiger partial charge in [-0.2, -0.15) is 5.26 Å². The maximum atomic E-state index is 9.09. The van der Waals surface area contributed by atoms with Crippen LogP contribution in [0.15, 0.2) is 30.3 Å². The number of nitrogens with one attached hydrogen (secondary N) is 1. The second kappa shape index (κ2) is 9.41. The molecule has 0 fully saturated rings. The number of benzene rings is 1. The summed E-state index contributed by atoms with van der Waals surface area (Å²) < 4.78 is 0. The highest BCUT2D eigenvalue weighted by atomic mass is 15.1. The van der Waals surface area contributed by atoms with Crippen LogP contribution in [0.25, 0.3) is 0 Å². The van der Waals surface area contributed by atoms with E-state index in [1.807, 2.05) is 13.0 Å². The van der Waals surface area contributed by atoms with Crippen LogP contribution in [0, 0.1) is 11.3 Å². The van der Waals surface area contributed by atoms with E-state index in [2.05, 4.69) is 47.5 Å². The molecule has 1 aromatic carbocycles. The second-order valence-electron chi connectivity index (χ2n) is 4.70. The van der Waals surface area contributed by atoms with E-state index in [1.54, 1.807) is 0 Å². The number of hydrogen-bond donors (Lipinski definition) is 1. The SMILES string of the molecule is CCCCN(CCC(C#N)NCC)c1ccccc1. The van der Waals surface area contributed by atoms with Gasteiger partial charge < -0.3 is 10.2 Å². The zero-order valence-corrected chi connectivity index (χ0v) is 12.1. The number of para-hydroxylation sites is 1. The average Bonchev–Trinajstić information content (AvgIpc) is 2.47. The third kappa shape index (κ3) is 5.76. The Balaban J connectivity index is 2.57. The largest absolute Gasteiger partial charge is 0.371 e. The fourth-order valence-corrected chi connectivity index (χ4v) is 2.10. The summed E-state index contributed by atoms with van der Waals surface area (Å²) in [5.41, 5.74) is 1.25. The molecule has 1 rings (SSSR count). The van der Waals surface area contributed by atoms with Crippen molar-refractivity contribution in [1.82, 2.24) is 5.32 Å². The van der Waals surface area contributed by atoms with Gasteiger partial charge in [0.15, 0.2) is 0 Å². The van der Waals surface area contributed by atoms with E-state index >= 15 is 0 Å².